The molecule has 0 atom stereocenters. The molecular weight excluding hydrogens is 426 g/mol. The SMILES string of the molecule is CC(C)(C)OC(=O)N1CCC2(C1)/C(=C\c1ccc(C#N)cc1)C(=O)/C2=C/c1ccc(C#N)cc1. The smallest absolute Gasteiger partial charge is 0.410 e. The Labute approximate surface area is 199 Å². The first-order valence-corrected chi connectivity index (χ1v) is 11.1. The summed E-state index contributed by atoms with van der Waals surface area (Å²) in [5.74, 6) is -0.0558. The lowest BCUT2D eigenvalue weighted by Crippen LogP contribution is -2.47. The van der Waals surface area contributed by atoms with E-state index in [4.69, 9.17) is 15.3 Å². The second kappa shape index (κ2) is 8.65. The van der Waals surface area contributed by atoms with Crippen molar-refractivity contribution in [1.82, 2.24) is 4.90 Å². The lowest BCUT2D eigenvalue weighted by Gasteiger charge is -2.43. The fourth-order valence-corrected chi connectivity index (χ4v) is 4.44. The quantitative estimate of drug-likeness (QED) is 0.592. The van der Waals surface area contributed by atoms with Crippen LogP contribution >= 0.6 is 0 Å². The Morgan fingerprint density at radius 1 is 0.941 bits per heavy atom. The van der Waals surface area contributed by atoms with Gasteiger partial charge in [0.25, 0.3) is 0 Å². The molecule has 0 aromatic heterocycles. The molecule has 0 radical (unpaired) electrons. The van der Waals surface area contributed by atoms with Gasteiger partial charge in [-0.1, -0.05) is 24.3 Å². The lowest BCUT2D eigenvalue weighted by molar-refractivity contribution is -0.117. The van der Waals surface area contributed by atoms with Gasteiger partial charge in [0.15, 0.2) is 5.78 Å². The summed E-state index contributed by atoms with van der Waals surface area (Å²) in [5.41, 5.74) is 2.88. The van der Waals surface area contributed by atoms with E-state index in [1.165, 1.54) is 0 Å². The normalized spacial score (nSPS) is 21.9. The third-order valence-electron chi connectivity index (χ3n) is 6.14. The van der Waals surface area contributed by atoms with E-state index >= 15 is 0 Å². The zero-order valence-electron chi connectivity index (χ0n) is 19.5. The van der Waals surface area contributed by atoms with Crippen LogP contribution in [0, 0.1) is 28.1 Å². The molecule has 1 saturated heterocycles. The molecule has 2 aliphatic rings. The number of rotatable bonds is 2. The van der Waals surface area contributed by atoms with Crippen LogP contribution in [0.3, 0.4) is 0 Å². The van der Waals surface area contributed by atoms with Gasteiger partial charge in [0.2, 0.25) is 0 Å². The third-order valence-corrected chi connectivity index (χ3v) is 6.14. The first-order chi connectivity index (χ1) is 16.1. The number of amides is 1. The van der Waals surface area contributed by atoms with E-state index in [2.05, 4.69) is 12.1 Å². The van der Waals surface area contributed by atoms with E-state index in [1.54, 1.807) is 29.2 Å². The minimum absolute atomic E-state index is 0.0558. The topological polar surface area (TPSA) is 94.2 Å². The van der Waals surface area contributed by atoms with Gasteiger partial charge in [-0.25, -0.2) is 4.79 Å². The Morgan fingerprint density at radius 3 is 1.82 bits per heavy atom. The van der Waals surface area contributed by atoms with Crippen LogP contribution in [-0.4, -0.2) is 35.5 Å². The maximum absolute atomic E-state index is 13.3. The maximum Gasteiger partial charge on any atom is 0.410 e. The van der Waals surface area contributed by atoms with Crippen LogP contribution in [-0.2, 0) is 9.53 Å². The van der Waals surface area contributed by atoms with E-state index in [-0.39, 0.29) is 11.9 Å². The van der Waals surface area contributed by atoms with E-state index in [0.29, 0.717) is 41.8 Å². The number of likely N-dealkylation sites (tertiary alicyclic amines) is 1. The van der Waals surface area contributed by atoms with Gasteiger partial charge in [-0.05, 0) is 74.7 Å². The lowest BCUT2D eigenvalue weighted by atomic mass is 9.58. The average molecular weight is 452 g/mol. The highest BCUT2D eigenvalue weighted by Gasteiger charge is 2.57. The van der Waals surface area contributed by atoms with Crippen LogP contribution < -0.4 is 0 Å². The van der Waals surface area contributed by atoms with E-state index in [9.17, 15) is 9.59 Å². The van der Waals surface area contributed by atoms with Crippen molar-refractivity contribution in [2.24, 2.45) is 5.41 Å². The van der Waals surface area contributed by atoms with Crippen molar-refractivity contribution < 1.29 is 14.3 Å². The highest BCUT2D eigenvalue weighted by molar-refractivity contribution is 6.24. The molecule has 0 N–H and O–H groups in total. The summed E-state index contributed by atoms with van der Waals surface area (Å²) in [6.45, 7) is 6.33. The van der Waals surface area contributed by atoms with Crippen LogP contribution in [0.5, 0.6) is 0 Å². The Bertz CT molecular complexity index is 1200. The molecule has 2 aromatic carbocycles. The third kappa shape index (κ3) is 4.36. The minimum atomic E-state index is -0.607. The van der Waals surface area contributed by atoms with E-state index in [0.717, 1.165) is 11.1 Å². The standard InChI is InChI=1S/C28H25N3O3/c1-27(2,3)34-26(33)31-13-12-28(18-31)23(14-19-4-8-21(16-29)9-5-19)25(32)24(28)15-20-6-10-22(17-30)11-7-20/h4-11,14-15H,12-13,18H2,1-3H3/b23-14-,24-15-. The molecule has 34 heavy (non-hydrogen) atoms. The Morgan fingerprint density at radius 2 is 1.41 bits per heavy atom. The van der Waals surface area contributed by atoms with Gasteiger partial charge < -0.3 is 9.64 Å². The number of ether oxygens (including phenoxy) is 1. The number of hydrogen-bond acceptors (Lipinski definition) is 5. The fraction of sp³-hybridized carbons (Fsp3) is 0.286. The summed E-state index contributed by atoms with van der Waals surface area (Å²) in [5, 5.41) is 18.1. The number of hydrogen-bond donors (Lipinski definition) is 0. The number of carbonyl (C=O) groups is 2. The van der Waals surface area contributed by atoms with E-state index in [1.807, 2.05) is 57.2 Å². The van der Waals surface area contributed by atoms with Gasteiger partial charge >= 0.3 is 6.09 Å². The van der Waals surface area contributed by atoms with Crippen molar-refractivity contribution in [3.8, 4) is 12.1 Å². The Hall–Kier alpha value is -4.16. The monoisotopic (exact) mass is 451 g/mol. The highest BCUT2D eigenvalue weighted by atomic mass is 16.6. The maximum atomic E-state index is 13.3. The molecule has 0 unspecified atom stereocenters. The second-order valence-corrected chi connectivity index (χ2v) is 9.65. The summed E-state index contributed by atoms with van der Waals surface area (Å²) in [7, 11) is 0. The van der Waals surface area contributed by atoms with Crippen molar-refractivity contribution in [2.45, 2.75) is 32.8 Å². The molecule has 1 spiro atoms. The Kier molecular flexibility index (Phi) is 5.85. The zero-order chi connectivity index (χ0) is 24.5. The van der Waals surface area contributed by atoms with Crippen molar-refractivity contribution >= 4 is 24.0 Å². The van der Waals surface area contributed by atoms with Gasteiger partial charge in [0.05, 0.1) is 23.3 Å². The minimum Gasteiger partial charge on any atom is -0.444 e. The number of nitrogens with zero attached hydrogens (tertiary/aromatic N) is 3. The van der Waals surface area contributed by atoms with Gasteiger partial charge in [-0.2, -0.15) is 10.5 Å². The molecular formula is C28H25N3O3. The number of carbonyl (C=O) groups excluding carboxylic acids is 2. The largest absolute Gasteiger partial charge is 0.444 e. The first kappa shape index (κ1) is 23.0. The first-order valence-electron chi connectivity index (χ1n) is 11.1. The fourth-order valence-electron chi connectivity index (χ4n) is 4.44. The average Bonchev–Trinajstić information content (AvgIpc) is 3.28. The van der Waals surface area contributed by atoms with Gasteiger partial charge in [0.1, 0.15) is 5.60 Å². The van der Waals surface area contributed by atoms with Crippen LogP contribution in [0.25, 0.3) is 12.2 Å². The summed E-state index contributed by atoms with van der Waals surface area (Å²) < 4.78 is 5.57. The summed E-state index contributed by atoms with van der Waals surface area (Å²) in [6.07, 6.45) is 3.94. The molecule has 6 nitrogen and oxygen atoms in total. The molecule has 0 bridgehead atoms. The molecule has 6 heteroatoms. The van der Waals surface area contributed by atoms with Crippen molar-refractivity contribution in [3.05, 3.63) is 81.9 Å². The number of ketones is 1. The number of Topliss-reactive ketones (excluding diaryl/α,β-unsaturated/α-hetero) is 1. The molecule has 2 aromatic rings. The number of nitriles is 2. The highest BCUT2D eigenvalue weighted by Crippen LogP contribution is 2.55. The predicted molar refractivity (Wildman–Crippen MR) is 128 cm³/mol. The molecule has 2 fully saturated rings. The van der Waals surface area contributed by atoms with Gasteiger partial charge in [-0.3, -0.25) is 4.79 Å². The van der Waals surface area contributed by atoms with Crippen LogP contribution in [0.1, 0.15) is 49.4 Å². The van der Waals surface area contributed by atoms with Crippen LogP contribution in [0.4, 0.5) is 4.79 Å². The molecule has 1 heterocycles. The molecule has 4 rings (SSSR count). The van der Waals surface area contributed by atoms with E-state index < -0.39 is 11.0 Å². The van der Waals surface area contributed by atoms with Crippen molar-refractivity contribution in [2.75, 3.05) is 13.1 Å². The summed E-state index contributed by atoms with van der Waals surface area (Å²) in [6, 6.07) is 18.3. The zero-order valence-corrected chi connectivity index (χ0v) is 19.5. The molecule has 1 aliphatic carbocycles. The molecule has 170 valence electrons. The van der Waals surface area contributed by atoms with Gasteiger partial charge in [-0.15, -0.1) is 0 Å². The van der Waals surface area contributed by atoms with Crippen molar-refractivity contribution in [3.63, 3.8) is 0 Å². The predicted octanol–water partition coefficient (Wildman–Crippen LogP) is 5.11. The molecule has 1 amide bonds. The van der Waals surface area contributed by atoms with Gasteiger partial charge in [0, 0.05) is 29.7 Å². The number of benzene rings is 2. The Balaban J connectivity index is 1.71. The molecule has 1 saturated carbocycles. The molecule has 1 aliphatic heterocycles. The summed E-state index contributed by atoms with van der Waals surface area (Å²) >= 11 is 0. The van der Waals surface area contributed by atoms with Crippen molar-refractivity contribution in [1.29, 1.82) is 10.5 Å². The second-order valence-electron chi connectivity index (χ2n) is 9.65. The summed E-state index contributed by atoms with van der Waals surface area (Å²) in [4.78, 5) is 27.7. The van der Waals surface area contributed by atoms with Crippen LogP contribution in [0.2, 0.25) is 0 Å². The van der Waals surface area contributed by atoms with Crippen LogP contribution in [0.15, 0.2) is 59.7 Å².